The normalized spacial score (nSPS) is 10.6. The average molecular weight is 401 g/mol. The van der Waals surface area contributed by atoms with Gasteiger partial charge in [0.1, 0.15) is 0 Å². The van der Waals surface area contributed by atoms with Crippen molar-refractivity contribution in [1.29, 1.82) is 0 Å². The molecule has 2 aromatic rings. The van der Waals surface area contributed by atoms with Gasteiger partial charge in [-0.2, -0.15) is 0 Å². The van der Waals surface area contributed by atoms with Crippen molar-refractivity contribution in [2.75, 3.05) is 20.8 Å². The number of hydrogen-bond acceptors (Lipinski definition) is 5. The molecular weight excluding hydrogens is 385 g/mol. The van der Waals surface area contributed by atoms with Crippen LogP contribution < -0.4 is 0 Å². The molecular formula is C14H16IN3O3. The molecule has 112 valence electrons. The van der Waals surface area contributed by atoms with Crippen LogP contribution in [0.5, 0.6) is 0 Å². The van der Waals surface area contributed by atoms with Crippen molar-refractivity contribution in [2.45, 2.75) is 13.0 Å². The minimum absolute atomic E-state index is 0.250. The van der Waals surface area contributed by atoms with Crippen molar-refractivity contribution < 1.29 is 14.3 Å². The van der Waals surface area contributed by atoms with Gasteiger partial charge in [0.2, 0.25) is 0 Å². The molecule has 0 saturated carbocycles. The van der Waals surface area contributed by atoms with Crippen LogP contribution in [0.2, 0.25) is 0 Å². The summed E-state index contributed by atoms with van der Waals surface area (Å²) in [5.74, 6) is -0.477. The van der Waals surface area contributed by atoms with E-state index in [1.54, 1.807) is 11.8 Å². The number of halogens is 1. The number of nitrogens with zero attached hydrogens (tertiary/aromatic N) is 3. The highest BCUT2D eigenvalue weighted by Gasteiger charge is 2.20. The Bertz CT molecular complexity index is 610. The van der Waals surface area contributed by atoms with Crippen LogP contribution >= 0.6 is 22.6 Å². The number of carbonyl (C=O) groups is 1. The van der Waals surface area contributed by atoms with Gasteiger partial charge in [-0.05, 0) is 40.3 Å². The molecule has 6 nitrogen and oxygen atoms in total. The molecule has 7 heteroatoms. The van der Waals surface area contributed by atoms with Gasteiger partial charge in [0, 0.05) is 17.1 Å². The summed E-state index contributed by atoms with van der Waals surface area (Å²) in [5.41, 5.74) is 2.07. The van der Waals surface area contributed by atoms with Crippen molar-refractivity contribution in [2.24, 2.45) is 0 Å². The first-order valence-corrected chi connectivity index (χ1v) is 7.47. The van der Waals surface area contributed by atoms with Crippen LogP contribution in [0.4, 0.5) is 0 Å². The Morgan fingerprint density at radius 2 is 2.00 bits per heavy atom. The van der Waals surface area contributed by atoms with E-state index >= 15 is 0 Å². The number of rotatable bonds is 6. The average Bonchev–Trinajstić information content (AvgIpc) is 2.89. The van der Waals surface area contributed by atoms with Crippen molar-refractivity contribution in [3.05, 3.63) is 44.8 Å². The van der Waals surface area contributed by atoms with E-state index in [2.05, 4.69) is 32.9 Å². The first-order chi connectivity index (χ1) is 10.2. The lowest BCUT2D eigenvalue weighted by Gasteiger charge is -2.07. The van der Waals surface area contributed by atoms with Gasteiger partial charge in [0.25, 0.3) is 0 Å². The molecule has 0 bridgehead atoms. The molecule has 0 N–H and O–H groups in total. The third-order valence-corrected chi connectivity index (χ3v) is 3.72. The molecule has 0 spiro atoms. The first kappa shape index (κ1) is 15.9. The number of methoxy groups -OCH3 is 2. The highest BCUT2D eigenvalue weighted by atomic mass is 127. The van der Waals surface area contributed by atoms with Crippen LogP contribution in [-0.2, 0) is 22.4 Å². The van der Waals surface area contributed by atoms with Crippen molar-refractivity contribution in [1.82, 2.24) is 15.0 Å². The summed E-state index contributed by atoms with van der Waals surface area (Å²) in [6.07, 6.45) is 0.554. The Morgan fingerprint density at radius 1 is 1.29 bits per heavy atom. The van der Waals surface area contributed by atoms with E-state index in [0.29, 0.717) is 19.6 Å². The van der Waals surface area contributed by atoms with E-state index in [9.17, 15) is 4.79 Å². The van der Waals surface area contributed by atoms with Gasteiger partial charge in [-0.1, -0.05) is 17.3 Å². The maximum atomic E-state index is 11.7. The summed E-state index contributed by atoms with van der Waals surface area (Å²) >= 11 is 2.26. The third-order valence-electron chi connectivity index (χ3n) is 3.00. The van der Waals surface area contributed by atoms with Gasteiger partial charge in [0.15, 0.2) is 5.69 Å². The van der Waals surface area contributed by atoms with E-state index in [1.165, 1.54) is 10.7 Å². The monoisotopic (exact) mass is 401 g/mol. The summed E-state index contributed by atoms with van der Waals surface area (Å²) < 4.78 is 12.7. The van der Waals surface area contributed by atoms with Gasteiger partial charge in [-0.15, -0.1) is 5.10 Å². The smallest absolute Gasteiger partial charge is 0.360 e. The number of benzene rings is 1. The molecule has 0 aliphatic heterocycles. The van der Waals surface area contributed by atoms with Gasteiger partial charge in [-0.3, -0.25) is 0 Å². The molecule has 0 atom stereocenters. The number of ether oxygens (including phenoxy) is 2. The summed E-state index contributed by atoms with van der Waals surface area (Å²) in [6, 6.07) is 8.12. The Hall–Kier alpha value is -1.48. The van der Waals surface area contributed by atoms with E-state index in [4.69, 9.17) is 9.47 Å². The SMILES string of the molecule is COCCc1c(C(=O)OC)nnn1Cc1ccc(I)cc1. The minimum atomic E-state index is -0.477. The molecule has 0 saturated heterocycles. The molecule has 21 heavy (non-hydrogen) atoms. The van der Waals surface area contributed by atoms with Gasteiger partial charge in [-0.25, -0.2) is 9.48 Å². The number of carbonyl (C=O) groups excluding carboxylic acids is 1. The van der Waals surface area contributed by atoms with Crippen molar-refractivity contribution >= 4 is 28.6 Å². The van der Waals surface area contributed by atoms with Crippen LogP contribution in [0, 0.1) is 3.57 Å². The van der Waals surface area contributed by atoms with E-state index in [-0.39, 0.29) is 5.69 Å². The molecule has 2 rings (SSSR count). The Kier molecular flexibility index (Phi) is 5.68. The van der Waals surface area contributed by atoms with Crippen molar-refractivity contribution in [3.63, 3.8) is 0 Å². The Morgan fingerprint density at radius 3 is 2.62 bits per heavy atom. The molecule has 0 fully saturated rings. The fourth-order valence-corrected chi connectivity index (χ4v) is 2.28. The van der Waals surface area contributed by atoms with Crippen molar-refractivity contribution in [3.8, 4) is 0 Å². The van der Waals surface area contributed by atoms with E-state index < -0.39 is 5.97 Å². The summed E-state index contributed by atoms with van der Waals surface area (Å²) in [7, 11) is 2.95. The zero-order valence-corrected chi connectivity index (χ0v) is 14.0. The lowest BCUT2D eigenvalue weighted by Crippen LogP contribution is -2.12. The molecule has 0 aliphatic rings. The van der Waals surface area contributed by atoms with Crippen LogP contribution in [0.15, 0.2) is 24.3 Å². The summed E-state index contributed by atoms with van der Waals surface area (Å²) in [5, 5.41) is 8.00. The zero-order chi connectivity index (χ0) is 15.2. The molecule has 1 aromatic carbocycles. The van der Waals surface area contributed by atoms with Crippen LogP contribution in [-0.4, -0.2) is 41.8 Å². The van der Waals surface area contributed by atoms with Gasteiger partial charge in [0.05, 0.1) is 26.0 Å². The Balaban J connectivity index is 2.27. The number of hydrogen-bond donors (Lipinski definition) is 0. The molecule has 0 unspecified atom stereocenters. The second-order valence-corrected chi connectivity index (χ2v) is 5.65. The first-order valence-electron chi connectivity index (χ1n) is 6.39. The quantitative estimate of drug-likeness (QED) is 0.547. The lowest BCUT2D eigenvalue weighted by atomic mass is 10.2. The highest BCUT2D eigenvalue weighted by molar-refractivity contribution is 14.1. The van der Waals surface area contributed by atoms with Gasteiger partial charge >= 0.3 is 5.97 Å². The van der Waals surface area contributed by atoms with Gasteiger partial charge < -0.3 is 9.47 Å². The predicted molar refractivity (Wildman–Crippen MR) is 85.2 cm³/mol. The maximum absolute atomic E-state index is 11.7. The second kappa shape index (κ2) is 7.51. The van der Waals surface area contributed by atoms with Crippen LogP contribution in [0.3, 0.4) is 0 Å². The van der Waals surface area contributed by atoms with Crippen LogP contribution in [0.1, 0.15) is 21.7 Å². The standard InChI is InChI=1S/C14H16IN3O3/c1-20-8-7-12-13(14(19)21-2)16-17-18(12)9-10-3-5-11(15)6-4-10/h3-6H,7-9H2,1-2H3. The minimum Gasteiger partial charge on any atom is -0.464 e. The maximum Gasteiger partial charge on any atom is 0.360 e. The third kappa shape index (κ3) is 4.01. The molecule has 0 radical (unpaired) electrons. The second-order valence-electron chi connectivity index (χ2n) is 4.40. The lowest BCUT2D eigenvalue weighted by molar-refractivity contribution is 0.0592. The predicted octanol–water partition coefficient (Wildman–Crippen LogP) is 1.91. The topological polar surface area (TPSA) is 66.2 Å². The number of esters is 1. The largest absolute Gasteiger partial charge is 0.464 e. The Labute approximate surface area is 136 Å². The molecule has 1 aromatic heterocycles. The summed E-state index contributed by atoms with van der Waals surface area (Å²) in [4.78, 5) is 11.7. The molecule has 0 amide bonds. The zero-order valence-electron chi connectivity index (χ0n) is 11.9. The van der Waals surface area contributed by atoms with E-state index in [0.717, 1.165) is 11.3 Å². The molecule has 0 aliphatic carbocycles. The highest BCUT2D eigenvalue weighted by Crippen LogP contribution is 2.13. The fourth-order valence-electron chi connectivity index (χ4n) is 1.92. The van der Waals surface area contributed by atoms with E-state index in [1.807, 2.05) is 24.3 Å². The van der Waals surface area contributed by atoms with Crippen LogP contribution in [0.25, 0.3) is 0 Å². The fraction of sp³-hybridized carbons (Fsp3) is 0.357. The molecule has 1 heterocycles. The number of aromatic nitrogens is 3. The summed E-state index contributed by atoms with van der Waals surface area (Å²) in [6.45, 7) is 1.05.